The van der Waals surface area contributed by atoms with Gasteiger partial charge in [-0.15, -0.1) is 0 Å². The van der Waals surface area contributed by atoms with Crippen LogP contribution in [0.5, 0.6) is 0 Å². The summed E-state index contributed by atoms with van der Waals surface area (Å²) >= 11 is 0. The highest BCUT2D eigenvalue weighted by Crippen LogP contribution is 2.11. The smallest absolute Gasteiger partial charge is 0.0950 e. The molecule has 1 atom stereocenters. The van der Waals surface area contributed by atoms with Crippen molar-refractivity contribution in [2.45, 2.75) is 25.9 Å². The van der Waals surface area contributed by atoms with Crippen LogP contribution in [0.2, 0.25) is 0 Å². The largest absolute Gasteiger partial charge is 0.472 e. The van der Waals surface area contributed by atoms with Gasteiger partial charge in [-0.25, -0.2) is 0 Å². The molecular weight excluding hydrogens is 202 g/mol. The van der Waals surface area contributed by atoms with E-state index in [1.54, 1.807) is 12.5 Å². The van der Waals surface area contributed by atoms with E-state index in [9.17, 15) is 0 Å². The predicted octanol–water partition coefficient (Wildman–Crippen LogP) is 2.22. The summed E-state index contributed by atoms with van der Waals surface area (Å²) in [6, 6.07) is 4.28. The van der Waals surface area contributed by atoms with Crippen molar-refractivity contribution in [3.8, 4) is 0 Å². The average molecular weight is 219 g/mol. The summed E-state index contributed by atoms with van der Waals surface area (Å²) in [6.45, 7) is 4.07. The van der Waals surface area contributed by atoms with Crippen molar-refractivity contribution >= 4 is 0 Å². The maximum absolute atomic E-state index is 5.05. The molecule has 4 heteroatoms. The third-order valence-electron chi connectivity index (χ3n) is 2.62. The van der Waals surface area contributed by atoms with E-state index in [0.717, 1.165) is 19.5 Å². The van der Waals surface area contributed by atoms with Gasteiger partial charge in [-0.05, 0) is 32.0 Å². The molecule has 0 amide bonds. The van der Waals surface area contributed by atoms with Crippen molar-refractivity contribution in [1.29, 1.82) is 0 Å². The molecule has 0 aliphatic carbocycles. The van der Waals surface area contributed by atoms with Crippen LogP contribution in [0.25, 0.3) is 0 Å². The van der Waals surface area contributed by atoms with Crippen molar-refractivity contribution in [2.75, 3.05) is 6.54 Å². The van der Waals surface area contributed by atoms with Gasteiger partial charge in [0.05, 0.1) is 12.5 Å². The molecule has 0 bridgehead atoms. The Morgan fingerprint density at radius 2 is 2.50 bits per heavy atom. The van der Waals surface area contributed by atoms with Crippen LogP contribution >= 0.6 is 0 Å². The van der Waals surface area contributed by atoms with Crippen LogP contribution in [0.1, 0.15) is 24.9 Å². The third-order valence-corrected chi connectivity index (χ3v) is 2.62. The van der Waals surface area contributed by atoms with Crippen LogP contribution in [0.15, 0.2) is 41.5 Å². The summed E-state index contributed by atoms with van der Waals surface area (Å²) in [7, 11) is 0. The molecule has 2 rings (SSSR count). The van der Waals surface area contributed by atoms with Gasteiger partial charge in [-0.3, -0.25) is 4.68 Å². The van der Waals surface area contributed by atoms with Crippen molar-refractivity contribution in [2.24, 2.45) is 0 Å². The number of nitrogens with zero attached hydrogens (tertiary/aromatic N) is 2. The minimum absolute atomic E-state index is 0.344. The van der Waals surface area contributed by atoms with Crippen LogP contribution in [0.3, 0.4) is 0 Å². The highest BCUT2D eigenvalue weighted by atomic mass is 16.3. The van der Waals surface area contributed by atoms with Crippen molar-refractivity contribution in [3.05, 3.63) is 42.6 Å². The Morgan fingerprint density at radius 3 is 3.19 bits per heavy atom. The van der Waals surface area contributed by atoms with Crippen LogP contribution in [-0.4, -0.2) is 16.3 Å². The number of aromatic nitrogens is 2. The fraction of sp³-hybridized carbons (Fsp3) is 0.417. The van der Waals surface area contributed by atoms with Gasteiger partial charge in [0, 0.05) is 30.5 Å². The molecule has 2 aromatic heterocycles. The molecule has 2 heterocycles. The number of rotatable bonds is 6. The first-order valence-corrected chi connectivity index (χ1v) is 5.59. The summed E-state index contributed by atoms with van der Waals surface area (Å²) < 4.78 is 7.00. The molecule has 1 N–H and O–H groups in total. The molecular formula is C12H17N3O. The van der Waals surface area contributed by atoms with Crippen LogP contribution in [0, 0.1) is 0 Å². The fourth-order valence-corrected chi connectivity index (χ4v) is 1.63. The van der Waals surface area contributed by atoms with Gasteiger partial charge < -0.3 is 9.73 Å². The van der Waals surface area contributed by atoms with E-state index in [-0.39, 0.29) is 0 Å². The van der Waals surface area contributed by atoms with E-state index in [2.05, 4.69) is 17.3 Å². The highest BCUT2D eigenvalue weighted by Gasteiger charge is 2.04. The molecule has 4 nitrogen and oxygen atoms in total. The Kier molecular flexibility index (Phi) is 3.77. The van der Waals surface area contributed by atoms with Gasteiger partial charge in [-0.2, -0.15) is 5.10 Å². The standard InChI is InChI=1S/C12H17N3O/c1-11(12-4-9-16-10-12)13-5-2-7-15-8-3-6-14-15/h3-4,6,8-11,13H,2,5,7H2,1H3. The lowest BCUT2D eigenvalue weighted by molar-refractivity contribution is 0.500. The van der Waals surface area contributed by atoms with Crippen LogP contribution in [0.4, 0.5) is 0 Å². The number of hydrogen-bond acceptors (Lipinski definition) is 3. The van der Waals surface area contributed by atoms with E-state index in [0.29, 0.717) is 6.04 Å². The lowest BCUT2D eigenvalue weighted by Gasteiger charge is -2.11. The van der Waals surface area contributed by atoms with Gasteiger partial charge in [0.1, 0.15) is 0 Å². The van der Waals surface area contributed by atoms with E-state index >= 15 is 0 Å². The second kappa shape index (κ2) is 5.51. The Balaban J connectivity index is 1.65. The Hall–Kier alpha value is -1.55. The van der Waals surface area contributed by atoms with Gasteiger partial charge >= 0.3 is 0 Å². The summed E-state index contributed by atoms with van der Waals surface area (Å²) in [5.74, 6) is 0. The zero-order valence-electron chi connectivity index (χ0n) is 9.47. The van der Waals surface area contributed by atoms with Gasteiger partial charge in [-0.1, -0.05) is 0 Å². The minimum atomic E-state index is 0.344. The topological polar surface area (TPSA) is 43.0 Å². The second-order valence-electron chi connectivity index (χ2n) is 3.86. The summed E-state index contributed by atoms with van der Waals surface area (Å²) in [5, 5.41) is 7.60. The molecule has 16 heavy (non-hydrogen) atoms. The molecule has 2 aromatic rings. The first kappa shape index (κ1) is 11.0. The number of hydrogen-bond donors (Lipinski definition) is 1. The van der Waals surface area contributed by atoms with E-state index in [1.807, 2.05) is 29.2 Å². The summed E-state index contributed by atoms with van der Waals surface area (Å²) in [5.41, 5.74) is 1.19. The normalized spacial score (nSPS) is 12.8. The Morgan fingerprint density at radius 1 is 1.56 bits per heavy atom. The van der Waals surface area contributed by atoms with E-state index < -0.39 is 0 Å². The Labute approximate surface area is 95.3 Å². The fourth-order valence-electron chi connectivity index (χ4n) is 1.63. The number of furan rings is 1. The predicted molar refractivity (Wildman–Crippen MR) is 62.0 cm³/mol. The third kappa shape index (κ3) is 2.97. The first-order chi connectivity index (χ1) is 7.86. The lowest BCUT2D eigenvalue weighted by Crippen LogP contribution is -2.20. The summed E-state index contributed by atoms with van der Waals surface area (Å²) in [6.07, 6.45) is 8.35. The monoisotopic (exact) mass is 219 g/mol. The van der Waals surface area contributed by atoms with Crippen molar-refractivity contribution in [1.82, 2.24) is 15.1 Å². The van der Waals surface area contributed by atoms with Gasteiger partial charge in [0.25, 0.3) is 0 Å². The van der Waals surface area contributed by atoms with Gasteiger partial charge in [0.2, 0.25) is 0 Å². The Bertz CT molecular complexity index is 380. The molecule has 0 radical (unpaired) electrons. The molecule has 0 aliphatic rings. The average Bonchev–Trinajstić information content (AvgIpc) is 2.96. The zero-order chi connectivity index (χ0) is 11.2. The summed E-state index contributed by atoms with van der Waals surface area (Å²) in [4.78, 5) is 0. The van der Waals surface area contributed by atoms with Crippen molar-refractivity contribution in [3.63, 3.8) is 0 Å². The molecule has 0 aromatic carbocycles. The molecule has 1 unspecified atom stereocenters. The second-order valence-corrected chi connectivity index (χ2v) is 3.86. The first-order valence-electron chi connectivity index (χ1n) is 5.59. The quantitative estimate of drug-likeness (QED) is 0.757. The van der Waals surface area contributed by atoms with Crippen LogP contribution < -0.4 is 5.32 Å². The lowest BCUT2D eigenvalue weighted by atomic mass is 10.2. The molecule has 0 fully saturated rings. The maximum atomic E-state index is 5.05. The zero-order valence-corrected chi connectivity index (χ0v) is 9.47. The van der Waals surface area contributed by atoms with Gasteiger partial charge in [0.15, 0.2) is 0 Å². The van der Waals surface area contributed by atoms with E-state index in [4.69, 9.17) is 4.42 Å². The van der Waals surface area contributed by atoms with Crippen LogP contribution in [-0.2, 0) is 6.54 Å². The molecule has 0 saturated carbocycles. The maximum Gasteiger partial charge on any atom is 0.0950 e. The molecule has 0 spiro atoms. The number of aryl methyl sites for hydroxylation is 1. The highest BCUT2D eigenvalue weighted by molar-refractivity contribution is 5.09. The SMILES string of the molecule is CC(NCCCn1cccn1)c1ccoc1. The number of nitrogens with one attached hydrogen (secondary N) is 1. The molecule has 0 saturated heterocycles. The van der Waals surface area contributed by atoms with E-state index in [1.165, 1.54) is 5.56 Å². The van der Waals surface area contributed by atoms with Crippen molar-refractivity contribution < 1.29 is 4.42 Å². The minimum Gasteiger partial charge on any atom is -0.472 e. The molecule has 0 aliphatic heterocycles. The molecule has 86 valence electrons.